The van der Waals surface area contributed by atoms with E-state index in [1.807, 2.05) is 20.8 Å². The van der Waals surface area contributed by atoms with Gasteiger partial charge in [0.15, 0.2) is 0 Å². The molecular formula is C9H17BrN2O. The van der Waals surface area contributed by atoms with Crippen molar-refractivity contribution >= 4 is 28.1 Å². The number of amides is 1. The van der Waals surface area contributed by atoms with Crippen LogP contribution < -0.4 is 5.32 Å². The second kappa shape index (κ2) is 5.37. The summed E-state index contributed by atoms with van der Waals surface area (Å²) in [7, 11) is 0. The Hall–Kier alpha value is -0.380. The first-order chi connectivity index (χ1) is 5.94. The Labute approximate surface area is 87.9 Å². The highest BCUT2D eigenvalue weighted by atomic mass is 79.9. The normalized spacial score (nSPS) is 17.2. The second-order valence-corrected chi connectivity index (χ2v) is 5.04. The van der Waals surface area contributed by atoms with Gasteiger partial charge in [-0.2, -0.15) is 0 Å². The third-order valence-corrected chi connectivity index (χ3v) is 2.90. The summed E-state index contributed by atoms with van der Waals surface area (Å²) in [5.41, 5.74) is 0. The summed E-state index contributed by atoms with van der Waals surface area (Å²) >= 11 is 3.37. The van der Waals surface area contributed by atoms with Gasteiger partial charge in [-0.15, -0.1) is 0 Å². The molecular weight excluding hydrogens is 232 g/mol. The van der Waals surface area contributed by atoms with Crippen LogP contribution >= 0.6 is 15.9 Å². The number of halogens is 1. The summed E-state index contributed by atoms with van der Waals surface area (Å²) in [4.78, 5) is 11.2. The van der Waals surface area contributed by atoms with Gasteiger partial charge < -0.3 is 10.7 Å². The molecule has 0 aliphatic heterocycles. The van der Waals surface area contributed by atoms with Gasteiger partial charge in [-0.1, -0.05) is 22.9 Å². The van der Waals surface area contributed by atoms with Crippen LogP contribution in [-0.4, -0.2) is 22.5 Å². The first-order valence-electron chi connectivity index (χ1n) is 4.44. The molecule has 76 valence electrons. The Bertz CT molecular complexity index is 192. The topological polar surface area (TPSA) is 53.0 Å². The number of hydrogen-bond donors (Lipinski definition) is 2. The number of alkyl halides is 1. The molecule has 0 aromatic heterocycles. The molecule has 13 heavy (non-hydrogen) atoms. The minimum atomic E-state index is -0.448. The van der Waals surface area contributed by atoms with Crippen molar-refractivity contribution in [1.82, 2.24) is 5.32 Å². The lowest BCUT2D eigenvalue weighted by atomic mass is 10.1. The molecule has 1 unspecified atom stereocenters. The van der Waals surface area contributed by atoms with Crippen LogP contribution in [0.5, 0.6) is 0 Å². The minimum Gasteiger partial charge on any atom is -0.352 e. The van der Waals surface area contributed by atoms with E-state index < -0.39 is 4.32 Å². The summed E-state index contributed by atoms with van der Waals surface area (Å²) in [5, 5.41) is 9.99. The molecule has 0 aromatic rings. The van der Waals surface area contributed by atoms with Gasteiger partial charge in [0.05, 0.1) is 4.32 Å². The molecule has 0 bridgehead atoms. The lowest BCUT2D eigenvalue weighted by molar-refractivity contribution is -0.121. The Kier molecular flexibility index (Phi) is 5.21. The zero-order valence-electron chi connectivity index (χ0n) is 8.36. The molecule has 0 aliphatic rings. The molecule has 0 rings (SSSR count). The molecule has 0 spiro atoms. The summed E-state index contributed by atoms with van der Waals surface area (Å²) in [5.74, 6) is 0.0440. The Morgan fingerprint density at radius 1 is 1.77 bits per heavy atom. The Morgan fingerprint density at radius 2 is 2.31 bits per heavy atom. The highest BCUT2D eigenvalue weighted by molar-refractivity contribution is 9.10. The van der Waals surface area contributed by atoms with Gasteiger partial charge in [-0.3, -0.25) is 4.79 Å². The summed E-state index contributed by atoms with van der Waals surface area (Å²) < 4.78 is -0.448. The molecule has 0 aromatic carbocycles. The predicted molar refractivity (Wildman–Crippen MR) is 58.6 cm³/mol. The maximum Gasteiger partial charge on any atom is 0.220 e. The highest BCUT2D eigenvalue weighted by Gasteiger charge is 2.26. The van der Waals surface area contributed by atoms with E-state index in [0.29, 0.717) is 6.42 Å². The van der Waals surface area contributed by atoms with Crippen LogP contribution in [0.15, 0.2) is 0 Å². The summed E-state index contributed by atoms with van der Waals surface area (Å²) in [6.45, 7) is 5.71. The van der Waals surface area contributed by atoms with Gasteiger partial charge in [-0.05, 0) is 20.3 Å². The monoisotopic (exact) mass is 248 g/mol. The number of hydrogen-bond acceptors (Lipinski definition) is 2. The standard InChI is InChI=1S/C9H17BrN2O/c1-4-5-8(13)12-7(2)9(3,10)6-11/h6-7,11H,4-5H2,1-3H3,(H,12,13)/t7-,9?/m1/s1. The van der Waals surface area contributed by atoms with Crippen molar-refractivity contribution in [2.45, 2.75) is 44.0 Å². The first-order valence-corrected chi connectivity index (χ1v) is 5.23. The number of carbonyl (C=O) groups excluding carboxylic acids is 1. The first kappa shape index (κ1) is 12.6. The predicted octanol–water partition coefficient (Wildman–Crippen LogP) is 2.09. The van der Waals surface area contributed by atoms with E-state index in [9.17, 15) is 4.79 Å². The van der Waals surface area contributed by atoms with Crippen molar-refractivity contribution in [3.63, 3.8) is 0 Å². The van der Waals surface area contributed by atoms with Gasteiger partial charge >= 0.3 is 0 Å². The number of rotatable bonds is 5. The fraction of sp³-hybridized carbons (Fsp3) is 0.778. The molecule has 2 N–H and O–H groups in total. The molecule has 0 saturated carbocycles. The lowest BCUT2D eigenvalue weighted by Gasteiger charge is -2.26. The van der Waals surface area contributed by atoms with Crippen molar-refractivity contribution in [1.29, 1.82) is 5.41 Å². The van der Waals surface area contributed by atoms with E-state index >= 15 is 0 Å². The zero-order chi connectivity index (χ0) is 10.5. The summed E-state index contributed by atoms with van der Waals surface area (Å²) in [6, 6.07) is -0.0657. The van der Waals surface area contributed by atoms with Gasteiger partial charge in [0.1, 0.15) is 0 Å². The lowest BCUT2D eigenvalue weighted by Crippen LogP contribution is -2.46. The average molecular weight is 249 g/mol. The van der Waals surface area contributed by atoms with Gasteiger partial charge in [0, 0.05) is 18.7 Å². The maximum absolute atomic E-state index is 11.2. The fourth-order valence-corrected chi connectivity index (χ4v) is 0.921. The molecule has 0 aliphatic carbocycles. The smallest absolute Gasteiger partial charge is 0.220 e. The van der Waals surface area contributed by atoms with Crippen LogP contribution in [-0.2, 0) is 4.79 Å². The molecule has 0 fully saturated rings. The van der Waals surface area contributed by atoms with Crippen LogP contribution in [0.4, 0.5) is 0 Å². The van der Waals surface area contributed by atoms with Crippen molar-refractivity contribution < 1.29 is 4.79 Å². The molecule has 2 atom stereocenters. The van der Waals surface area contributed by atoms with E-state index in [-0.39, 0.29) is 11.9 Å². The van der Waals surface area contributed by atoms with Crippen molar-refractivity contribution in [3.05, 3.63) is 0 Å². The zero-order valence-corrected chi connectivity index (χ0v) is 9.94. The minimum absolute atomic E-state index is 0.0440. The van der Waals surface area contributed by atoms with Crippen LogP contribution in [0.25, 0.3) is 0 Å². The van der Waals surface area contributed by atoms with E-state index in [1.54, 1.807) is 0 Å². The average Bonchev–Trinajstić information content (AvgIpc) is 2.04. The number of nitrogens with one attached hydrogen (secondary N) is 2. The van der Waals surface area contributed by atoms with E-state index in [1.165, 1.54) is 6.21 Å². The van der Waals surface area contributed by atoms with E-state index in [2.05, 4.69) is 21.2 Å². The number of carbonyl (C=O) groups is 1. The van der Waals surface area contributed by atoms with Crippen molar-refractivity contribution in [2.24, 2.45) is 0 Å². The van der Waals surface area contributed by atoms with E-state index in [4.69, 9.17) is 5.41 Å². The van der Waals surface area contributed by atoms with Crippen molar-refractivity contribution in [3.8, 4) is 0 Å². The SMILES string of the molecule is CCCC(=O)N[C@H](C)C(C)(Br)C=N. The quantitative estimate of drug-likeness (QED) is 0.569. The van der Waals surface area contributed by atoms with Crippen LogP contribution in [0.2, 0.25) is 0 Å². The molecule has 0 saturated heterocycles. The second-order valence-electron chi connectivity index (χ2n) is 3.33. The van der Waals surface area contributed by atoms with Gasteiger partial charge in [0.2, 0.25) is 5.91 Å². The molecule has 0 radical (unpaired) electrons. The van der Waals surface area contributed by atoms with E-state index in [0.717, 1.165) is 6.42 Å². The molecule has 3 nitrogen and oxygen atoms in total. The Morgan fingerprint density at radius 3 is 2.69 bits per heavy atom. The Balaban J connectivity index is 4.06. The summed E-state index contributed by atoms with van der Waals surface area (Å²) in [6.07, 6.45) is 2.69. The third kappa shape index (κ3) is 4.41. The fourth-order valence-electron chi connectivity index (χ4n) is 0.807. The van der Waals surface area contributed by atoms with Crippen molar-refractivity contribution in [2.75, 3.05) is 0 Å². The molecule has 0 heterocycles. The van der Waals surface area contributed by atoms with Crippen LogP contribution in [0, 0.1) is 5.41 Å². The van der Waals surface area contributed by atoms with Gasteiger partial charge in [0.25, 0.3) is 0 Å². The largest absolute Gasteiger partial charge is 0.352 e. The van der Waals surface area contributed by atoms with Crippen LogP contribution in [0.1, 0.15) is 33.6 Å². The molecule has 1 amide bonds. The third-order valence-electron chi connectivity index (χ3n) is 1.98. The van der Waals surface area contributed by atoms with Crippen LogP contribution in [0.3, 0.4) is 0 Å². The molecule has 4 heteroatoms. The van der Waals surface area contributed by atoms with Gasteiger partial charge in [-0.25, -0.2) is 0 Å². The highest BCUT2D eigenvalue weighted by Crippen LogP contribution is 2.18. The maximum atomic E-state index is 11.2.